The summed E-state index contributed by atoms with van der Waals surface area (Å²) < 4.78 is 11.3. The van der Waals surface area contributed by atoms with Crippen LogP contribution in [-0.4, -0.2) is 80.8 Å². The molecule has 0 aliphatic carbocycles. The maximum Gasteiger partial charge on any atom is 0.278 e. The van der Waals surface area contributed by atoms with Gasteiger partial charge in [-0.3, -0.25) is 4.79 Å². The summed E-state index contributed by atoms with van der Waals surface area (Å²) in [6, 6.07) is 11.6. The zero-order chi connectivity index (χ0) is 23.1. The summed E-state index contributed by atoms with van der Waals surface area (Å²) in [4.78, 5) is 18.9. The van der Waals surface area contributed by atoms with Crippen molar-refractivity contribution in [1.29, 1.82) is 5.26 Å². The highest BCUT2D eigenvalue weighted by Gasteiger charge is 2.32. The van der Waals surface area contributed by atoms with E-state index in [0.29, 0.717) is 24.1 Å². The lowest BCUT2D eigenvalue weighted by atomic mass is 10.1. The number of hydrogen-bond donors (Lipinski definition) is 1. The van der Waals surface area contributed by atoms with Crippen LogP contribution in [0.4, 0.5) is 5.82 Å². The largest absolute Gasteiger partial charge is 0.497 e. The summed E-state index contributed by atoms with van der Waals surface area (Å²) in [5.74, 6) is 2.29. The highest BCUT2D eigenvalue weighted by Crippen LogP contribution is 2.33. The zero-order valence-corrected chi connectivity index (χ0v) is 19.3. The number of benzene rings is 1. The lowest BCUT2D eigenvalue weighted by molar-refractivity contribution is -0.881. The van der Waals surface area contributed by atoms with Gasteiger partial charge in [0.1, 0.15) is 23.4 Å². The second-order valence-corrected chi connectivity index (χ2v) is 8.62. The number of amides is 1. The fourth-order valence-corrected chi connectivity index (χ4v) is 3.92. The monoisotopic (exact) mass is 438 g/mol. The number of pyridine rings is 1. The van der Waals surface area contributed by atoms with E-state index in [1.54, 1.807) is 19.1 Å². The number of nitrogens with zero attached hydrogens (tertiary/aromatic N) is 4. The van der Waals surface area contributed by atoms with Crippen LogP contribution in [0.25, 0.3) is 11.1 Å². The number of aromatic nitrogens is 1. The molecule has 170 valence electrons. The average molecular weight is 439 g/mol. The first-order valence-corrected chi connectivity index (χ1v) is 10.8. The molecule has 1 fully saturated rings. The van der Waals surface area contributed by atoms with Crippen LogP contribution in [0.3, 0.4) is 0 Å². The number of nitriles is 1. The summed E-state index contributed by atoms with van der Waals surface area (Å²) in [5.41, 5.74) is 1.90. The Morgan fingerprint density at radius 1 is 1.28 bits per heavy atom. The maximum atomic E-state index is 12.6. The number of likely N-dealkylation sites (tertiary alicyclic amines) is 1. The third kappa shape index (κ3) is 5.68. The number of anilines is 1. The van der Waals surface area contributed by atoms with Gasteiger partial charge in [0.2, 0.25) is 0 Å². The van der Waals surface area contributed by atoms with Crippen molar-refractivity contribution in [1.82, 2.24) is 9.88 Å². The molecule has 1 aromatic carbocycles. The predicted molar refractivity (Wildman–Crippen MR) is 123 cm³/mol. The second-order valence-electron chi connectivity index (χ2n) is 8.62. The molecular formula is C24H32N5O3+. The quantitative estimate of drug-likeness (QED) is 0.606. The van der Waals surface area contributed by atoms with Gasteiger partial charge in [-0.1, -0.05) is 0 Å². The first-order valence-electron chi connectivity index (χ1n) is 10.8. The molecule has 1 aromatic heterocycles. The Bertz CT molecular complexity index is 969. The third-order valence-corrected chi connectivity index (χ3v) is 5.79. The molecule has 32 heavy (non-hydrogen) atoms. The molecule has 0 unspecified atom stereocenters. The highest BCUT2D eigenvalue weighted by molar-refractivity contribution is 5.78. The molecule has 1 N–H and O–H groups in total. The molecule has 3 rings (SSSR count). The first-order chi connectivity index (χ1) is 15.4. The Labute approximate surface area is 190 Å². The summed E-state index contributed by atoms with van der Waals surface area (Å²) >= 11 is 0. The number of carbonyl (C=O) groups is 1. The molecule has 8 nitrogen and oxygen atoms in total. The molecule has 0 saturated carbocycles. The van der Waals surface area contributed by atoms with E-state index in [0.717, 1.165) is 47.8 Å². The van der Waals surface area contributed by atoms with Crippen LogP contribution in [0, 0.1) is 11.3 Å². The molecule has 2 heterocycles. The van der Waals surface area contributed by atoms with Crippen molar-refractivity contribution in [2.24, 2.45) is 0 Å². The Morgan fingerprint density at radius 2 is 2.09 bits per heavy atom. The van der Waals surface area contributed by atoms with Crippen molar-refractivity contribution >= 4 is 11.7 Å². The highest BCUT2D eigenvalue weighted by atomic mass is 16.5. The van der Waals surface area contributed by atoms with Gasteiger partial charge in [-0.15, -0.1) is 0 Å². The molecule has 1 saturated heterocycles. The second kappa shape index (κ2) is 10.3. The van der Waals surface area contributed by atoms with Crippen LogP contribution in [0.15, 0.2) is 36.5 Å². The number of quaternary nitrogens is 1. The number of rotatable bonds is 9. The van der Waals surface area contributed by atoms with E-state index in [-0.39, 0.29) is 11.9 Å². The van der Waals surface area contributed by atoms with E-state index in [4.69, 9.17) is 9.47 Å². The molecule has 8 heteroatoms. The van der Waals surface area contributed by atoms with Crippen molar-refractivity contribution < 1.29 is 18.8 Å². The summed E-state index contributed by atoms with van der Waals surface area (Å²) in [5, 5.41) is 12.6. The van der Waals surface area contributed by atoms with E-state index >= 15 is 0 Å². The maximum absolute atomic E-state index is 12.6. The number of hydrogen-bond acceptors (Lipinski definition) is 6. The molecule has 1 aliphatic rings. The van der Waals surface area contributed by atoms with Crippen molar-refractivity contribution in [3.05, 3.63) is 36.5 Å². The lowest BCUT2D eigenvalue weighted by Gasteiger charge is -2.31. The molecule has 1 amide bonds. The molecule has 0 radical (unpaired) electrons. The van der Waals surface area contributed by atoms with Gasteiger partial charge < -0.3 is 24.2 Å². The number of nitrogens with one attached hydrogen (secondary N) is 1. The third-order valence-electron chi connectivity index (χ3n) is 5.79. The normalized spacial score (nSPS) is 15.8. The number of methoxy groups -OCH3 is 2. The Morgan fingerprint density at radius 3 is 2.75 bits per heavy atom. The van der Waals surface area contributed by atoms with Gasteiger partial charge in [0.15, 0.2) is 6.54 Å². The van der Waals surface area contributed by atoms with E-state index in [2.05, 4.69) is 16.4 Å². The van der Waals surface area contributed by atoms with Gasteiger partial charge in [-0.05, 0) is 37.1 Å². The van der Waals surface area contributed by atoms with Crippen LogP contribution in [0.5, 0.6) is 11.5 Å². The van der Waals surface area contributed by atoms with E-state index in [1.165, 1.54) is 0 Å². The minimum absolute atomic E-state index is 0.0509. The first kappa shape index (κ1) is 23.4. The SMILES string of the molecule is COc1ccc(-c2ccc(NCC[N+](C)(C)CC(=O)N3CCC[C@H]3C#N)nc2)c(OC)c1. The van der Waals surface area contributed by atoms with Crippen LogP contribution in [0.2, 0.25) is 0 Å². The number of carbonyl (C=O) groups excluding carboxylic acids is 1. The smallest absolute Gasteiger partial charge is 0.278 e. The number of ether oxygens (including phenoxy) is 2. The predicted octanol–water partition coefficient (Wildman–Crippen LogP) is 2.77. The Kier molecular flexibility index (Phi) is 7.54. The summed E-state index contributed by atoms with van der Waals surface area (Å²) in [7, 11) is 7.32. The van der Waals surface area contributed by atoms with E-state index in [1.807, 2.05) is 50.6 Å². The van der Waals surface area contributed by atoms with Crippen molar-refractivity contribution in [3.63, 3.8) is 0 Å². The van der Waals surface area contributed by atoms with Crippen LogP contribution in [0.1, 0.15) is 12.8 Å². The summed E-state index contributed by atoms with van der Waals surface area (Å²) in [6.45, 7) is 2.50. The minimum atomic E-state index is -0.271. The van der Waals surface area contributed by atoms with E-state index < -0.39 is 0 Å². The van der Waals surface area contributed by atoms with E-state index in [9.17, 15) is 10.1 Å². The van der Waals surface area contributed by atoms with Gasteiger partial charge in [0.05, 0.1) is 47.5 Å². The van der Waals surface area contributed by atoms with Crippen LogP contribution >= 0.6 is 0 Å². The van der Waals surface area contributed by atoms with Crippen molar-refractivity contribution in [3.8, 4) is 28.7 Å². The Balaban J connectivity index is 1.54. The van der Waals surface area contributed by atoms with Crippen molar-refractivity contribution in [2.45, 2.75) is 18.9 Å². The van der Waals surface area contributed by atoms with Crippen LogP contribution in [-0.2, 0) is 4.79 Å². The summed E-state index contributed by atoms with van der Waals surface area (Å²) in [6.07, 6.45) is 3.50. The standard InChI is InChI=1S/C24H32N5O3/c1-29(2,17-24(30)28-12-5-6-19(28)15-25)13-11-26-23-10-7-18(16-27-23)21-9-8-20(31-3)14-22(21)32-4/h7-10,14,16,19H,5-6,11-13,17H2,1-4H3,(H,26,27)/q+1/t19-/m0/s1. The van der Waals surface area contributed by atoms with Gasteiger partial charge in [-0.2, -0.15) is 5.26 Å². The molecule has 0 bridgehead atoms. The molecular weight excluding hydrogens is 406 g/mol. The van der Waals surface area contributed by atoms with Crippen molar-refractivity contribution in [2.75, 3.05) is 59.8 Å². The van der Waals surface area contributed by atoms with Gasteiger partial charge in [0.25, 0.3) is 5.91 Å². The molecule has 2 aromatic rings. The van der Waals surface area contributed by atoms with Gasteiger partial charge in [-0.25, -0.2) is 4.98 Å². The number of likely N-dealkylation sites (N-methyl/N-ethyl adjacent to an activating group) is 1. The van der Waals surface area contributed by atoms with Gasteiger partial charge in [0, 0.05) is 29.9 Å². The lowest BCUT2D eigenvalue weighted by Crippen LogP contribution is -2.51. The molecule has 1 aliphatic heterocycles. The van der Waals surface area contributed by atoms with Crippen LogP contribution < -0.4 is 14.8 Å². The zero-order valence-electron chi connectivity index (χ0n) is 19.3. The molecule has 0 spiro atoms. The molecule has 1 atom stereocenters. The average Bonchev–Trinajstić information content (AvgIpc) is 3.28. The van der Waals surface area contributed by atoms with Gasteiger partial charge >= 0.3 is 0 Å². The topological polar surface area (TPSA) is 87.5 Å². The fraction of sp³-hybridized carbons (Fsp3) is 0.458. The fourth-order valence-electron chi connectivity index (χ4n) is 3.92. The minimum Gasteiger partial charge on any atom is -0.497 e. The Hall–Kier alpha value is -3.31.